The summed E-state index contributed by atoms with van der Waals surface area (Å²) in [5.74, 6) is 0. The fourth-order valence-corrected chi connectivity index (χ4v) is 2.57. The first-order valence-electron chi connectivity index (χ1n) is 6.35. The molecule has 1 saturated heterocycles. The van der Waals surface area contributed by atoms with Crippen LogP contribution in [0.15, 0.2) is 21.7 Å². The molecule has 2 aromatic rings. The fraction of sp³-hybridized carbons (Fsp3) is 0.385. The molecule has 1 unspecified atom stereocenters. The zero-order valence-electron chi connectivity index (χ0n) is 10.7. The first kappa shape index (κ1) is 13.9. The standard InChI is InChI=1S/C13H11F3N2O3/c14-13(15,16)8-5-9-7(11(19)18-12(20)17-9)4-6(8)10-2-1-3-21-10/h4-5,10H,1-3H2,(H2,17,18,19,20). The first-order chi connectivity index (χ1) is 9.86. The second-order valence-corrected chi connectivity index (χ2v) is 4.89. The van der Waals surface area contributed by atoms with E-state index in [1.54, 1.807) is 0 Å². The third-order valence-corrected chi connectivity index (χ3v) is 3.49. The van der Waals surface area contributed by atoms with Crippen LogP contribution in [0, 0.1) is 0 Å². The summed E-state index contributed by atoms with van der Waals surface area (Å²) in [6, 6.07) is 1.95. The maximum atomic E-state index is 13.2. The minimum absolute atomic E-state index is 0.00750. The lowest BCUT2D eigenvalue weighted by Crippen LogP contribution is -2.23. The summed E-state index contributed by atoms with van der Waals surface area (Å²) >= 11 is 0. The molecule has 1 aromatic carbocycles. The summed E-state index contributed by atoms with van der Waals surface area (Å²) in [7, 11) is 0. The molecule has 0 bridgehead atoms. The van der Waals surface area contributed by atoms with Crippen LogP contribution in [-0.2, 0) is 10.9 Å². The van der Waals surface area contributed by atoms with Crippen molar-refractivity contribution in [2.24, 2.45) is 0 Å². The van der Waals surface area contributed by atoms with Crippen molar-refractivity contribution in [2.75, 3.05) is 6.61 Å². The van der Waals surface area contributed by atoms with Gasteiger partial charge in [0.15, 0.2) is 0 Å². The molecule has 1 fully saturated rings. The number of fused-ring (bicyclic) bond motifs is 1. The Kier molecular flexibility index (Phi) is 3.12. The van der Waals surface area contributed by atoms with Gasteiger partial charge in [-0.05, 0) is 30.5 Å². The number of H-pyrrole nitrogens is 2. The third kappa shape index (κ3) is 2.46. The van der Waals surface area contributed by atoms with E-state index in [1.165, 1.54) is 0 Å². The van der Waals surface area contributed by atoms with E-state index in [1.807, 2.05) is 4.98 Å². The predicted octanol–water partition coefficient (Wildman–Crippen LogP) is 2.09. The SMILES string of the molecule is O=c1[nH]c(=O)c2cc(C3CCCO3)c(C(F)(F)F)cc2[nH]1. The van der Waals surface area contributed by atoms with Crippen molar-refractivity contribution >= 4 is 10.9 Å². The molecule has 0 amide bonds. The Morgan fingerprint density at radius 2 is 1.95 bits per heavy atom. The highest BCUT2D eigenvalue weighted by Crippen LogP contribution is 2.40. The number of hydrogen-bond donors (Lipinski definition) is 2. The maximum Gasteiger partial charge on any atom is 0.416 e. The highest BCUT2D eigenvalue weighted by atomic mass is 19.4. The molecule has 5 nitrogen and oxygen atoms in total. The lowest BCUT2D eigenvalue weighted by molar-refractivity contribution is -0.139. The molecule has 8 heteroatoms. The van der Waals surface area contributed by atoms with Gasteiger partial charge in [-0.25, -0.2) is 4.79 Å². The number of aromatic nitrogens is 2. The molecule has 21 heavy (non-hydrogen) atoms. The number of nitrogens with one attached hydrogen (secondary N) is 2. The van der Waals surface area contributed by atoms with E-state index in [0.29, 0.717) is 19.4 Å². The lowest BCUT2D eigenvalue weighted by atomic mass is 9.97. The summed E-state index contributed by atoms with van der Waals surface area (Å²) in [5.41, 5.74) is -2.65. The van der Waals surface area contributed by atoms with Gasteiger partial charge < -0.3 is 9.72 Å². The molecule has 0 spiro atoms. The molecule has 2 heterocycles. The zero-order chi connectivity index (χ0) is 15.2. The smallest absolute Gasteiger partial charge is 0.374 e. The number of ether oxygens (including phenoxy) is 1. The summed E-state index contributed by atoms with van der Waals surface area (Å²) in [6.45, 7) is 0.391. The van der Waals surface area contributed by atoms with Crippen LogP contribution in [0.4, 0.5) is 13.2 Å². The molecule has 112 valence electrons. The number of aromatic amines is 2. The van der Waals surface area contributed by atoms with E-state index < -0.39 is 29.1 Å². The topological polar surface area (TPSA) is 74.9 Å². The van der Waals surface area contributed by atoms with E-state index in [2.05, 4.69) is 4.98 Å². The van der Waals surface area contributed by atoms with E-state index in [9.17, 15) is 22.8 Å². The van der Waals surface area contributed by atoms with Gasteiger partial charge in [-0.3, -0.25) is 9.78 Å². The Hall–Kier alpha value is -2.09. The fourth-order valence-electron chi connectivity index (χ4n) is 2.57. The maximum absolute atomic E-state index is 13.2. The molecule has 0 aliphatic carbocycles. The summed E-state index contributed by atoms with van der Waals surface area (Å²) in [5, 5.41) is 0.00750. The Labute approximate surface area is 115 Å². The van der Waals surface area contributed by atoms with Crippen molar-refractivity contribution < 1.29 is 17.9 Å². The highest BCUT2D eigenvalue weighted by molar-refractivity contribution is 5.79. The van der Waals surface area contributed by atoms with Crippen LogP contribution in [0.1, 0.15) is 30.1 Å². The Morgan fingerprint density at radius 3 is 2.57 bits per heavy atom. The average molecular weight is 300 g/mol. The van der Waals surface area contributed by atoms with E-state index in [0.717, 1.165) is 12.1 Å². The van der Waals surface area contributed by atoms with Gasteiger partial charge >= 0.3 is 11.9 Å². The molecule has 0 radical (unpaired) electrons. The predicted molar refractivity (Wildman–Crippen MR) is 68.1 cm³/mol. The monoisotopic (exact) mass is 300 g/mol. The van der Waals surface area contributed by atoms with Crippen LogP contribution in [0.2, 0.25) is 0 Å². The van der Waals surface area contributed by atoms with Crippen LogP contribution in [0.3, 0.4) is 0 Å². The molecule has 1 atom stereocenters. The number of halogens is 3. The number of alkyl halides is 3. The van der Waals surface area contributed by atoms with Crippen LogP contribution in [0.25, 0.3) is 10.9 Å². The van der Waals surface area contributed by atoms with E-state index in [4.69, 9.17) is 4.74 Å². The second-order valence-electron chi connectivity index (χ2n) is 4.89. The number of rotatable bonds is 1. The highest BCUT2D eigenvalue weighted by Gasteiger charge is 2.37. The molecule has 1 aliphatic heterocycles. The van der Waals surface area contributed by atoms with Crippen molar-refractivity contribution in [2.45, 2.75) is 25.1 Å². The average Bonchev–Trinajstić information content (AvgIpc) is 2.90. The Morgan fingerprint density at radius 1 is 1.19 bits per heavy atom. The zero-order valence-corrected chi connectivity index (χ0v) is 10.7. The minimum atomic E-state index is -4.59. The summed E-state index contributed by atoms with van der Waals surface area (Å²) in [6.07, 6.45) is -4.13. The summed E-state index contributed by atoms with van der Waals surface area (Å²) in [4.78, 5) is 27.1. The minimum Gasteiger partial charge on any atom is -0.374 e. The van der Waals surface area contributed by atoms with Crippen molar-refractivity contribution in [3.8, 4) is 0 Å². The first-order valence-corrected chi connectivity index (χ1v) is 6.35. The van der Waals surface area contributed by atoms with Gasteiger partial charge in [-0.15, -0.1) is 0 Å². The van der Waals surface area contributed by atoms with Crippen molar-refractivity contribution in [3.63, 3.8) is 0 Å². The third-order valence-electron chi connectivity index (χ3n) is 3.49. The van der Waals surface area contributed by atoms with Crippen molar-refractivity contribution in [3.05, 3.63) is 44.1 Å². The van der Waals surface area contributed by atoms with Gasteiger partial charge in [0.05, 0.1) is 22.6 Å². The van der Waals surface area contributed by atoms with E-state index >= 15 is 0 Å². The summed E-state index contributed by atoms with van der Waals surface area (Å²) < 4.78 is 44.9. The largest absolute Gasteiger partial charge is 0.416 e. The van der Waals surface area contributed by atoms with Gasteiger partial charge in [0.2, 0.25) is 0 Å². The molecule has 0 saturated carbocycles. The van der Waals surface area contributed by atoms with Gasteiger partial charge in [0.25, 0.3) is 5.56 Å². The molecule has 3 rings (SSSR count). The number of benzene rings is 1. The van der Waals surface area contributed by atoms with Gasteiger partial charge in [0.1, 0.15) is 0 Å². The van der Waals surface area contributed by atoms with Gasteiger partial charge in [-0.2, -0.15) is 13.2 Å². The van der Waals surface area contributed by atoms with Gasteiger partial charge in [0, 0.05) is 6.61 Å². The van der Waals surface area contributed by atoms with Crippen molar-refractivity contribution in [1.29, 1.82) is 0 Å². The van der Waals surface area contributed by atoms with Crippen LogP contribution >= 0.6 is 0 Å². The van der Waals surface area contributed by atoms with Crippen LogP contribution in [-0.4, -0.2) is 16.6 Å². The van der Waals surface area contributed by atoms with Gasteiger partial charge in [-0.1, -0.05) is 0 Å². The lowest BCUT2D eigenvalue weighted by Gasteiger charge is -2.18. The quantitative estimate of drug-likeness (QED) is 0.846. The molecule has 1 aliphatic rings. The molecule has 2 N–H and O–H groups in total. The normalized spacial score (nSPS) is 19.3. The van der Waals surface area contributed by atoms with Crippen LogP contribution in [0.5, 0.6) is 0 Å². The molecular formula is C13H11F3N2O3. The Balaban J connectivity index is 2.33. The van der Waals surface area contributed by atoms with E-state index in [-0.39, 0.29) is 16.5 Å². The number of hydrogen-bond acceptors (Lipinski definition) is 3. The molecule has 1 aromatic heterocycles. The second kappa shape index (κ2) is 4.73. The van der Waals surface area contributed by atoms with Crippen LogP contribution < -0.4 is 11.2 Å². The Bertz CT molecular complexity index is 801. The van der Waals surface area contributed by atoms with Crippen molar-refractivity contribution in [1.82, 2.24) is 9.97 Å². The molecular weight excluding hydrogens is 289 g/mol.